The van der Waals surface area contributed by atoms with E-state index in [2.05, 4.69) is 10.6 Å². The molecule has 0 spiro atoms. The molecule has 1 aromatic heterocycles. The fourth-order valence-electron chi connectivity index (χ4n) is 4.15. The number of hydrogen-bond donors (Lipinski definition) is 3. The van der Waals surface area contributed by atoms with Gasteiger partial charge in [-0.05, 0) is 49.2 Å². The molecule has 2 amide bonds. The van der Waals surface area contributed by atoms with E-state index in [1.54, 1.807) is 12.1 Å². The average molecular weight is 537 g/mol. The molecule has 0 unspecified atom stereocenters. The minimum absolute atomic E-state index is 0.130. The Hall–Kier alpha value is -4.93. The second-order valence-corrected chi connectivity index (χ2v) is 8.99. The molecule has 39 heavy (non-hydrogen) atoms. The van der Waals surface area contributed by atoms with E-state index in [0.29, 0.717) is 40.9 Å². The molecule has 4 aromatic rings. The number of nitrogens with zero attached hydrogens (tertiary/aromatic N) is 1. The molecule has 11 heteroatoms. The molecule has 1 heterocycles. The van der Waals surface area contributed by atoms with Crippen LogP contribution in [0.15, 0.2) is 66.9 Å². The molecule has 0 aliphatic heterocycles. The minimum atomic E-state index is -1.29. The molecule has 5 rings (SSSR count). The van der Waals surface area contributed by atoms with Gasteiger partial charge in [0.05, 0.1) is 31.7 Å². The van der Waals surface area contributed by atoms with Crippen molar-refractivity contribution in [2.75, 3.05) is 24.9 Å². The van der Waals surface area contributed by atoms with Crippen LogP contribution in [0.1, 0.15) is 12.8 Å². The molecule has 1 saturated carbocycles. The molecule has 3 aromatic carbocycles. The van der Waals surface area contributed by atoms with Crippen LogP contribution in [0, 0.1) is 17.0 Å². The predicted molar refractivity (Wildman–Crippen MR) is 136 cm³/mol. The van der Waals surface area contributed by atoms with E-state index in [4.69, 9.17) is 14.2 Å². The fraction of sp³-hybridized carbons (Fsp3) is 0.179. The van der Waals surface area contributed by atoms with Crippen LogP contribution < -0.4 is 29.6 Å². The van der Waals surface area contributed by atoms with Gasteiger partial charge in [0.15, 0.2) is 23.1 Å². The number of rotatable bonds is 8. The number of amides is 2. The van der Waals surface area contributed by atoms with Gasteiger partial charge in [0.25, 0.3) is 5.52 Å². The van der Waals surface area contributed by atoms with Gasteiger partial charge >= 0.3 is 0 Å². The Morgan fingerprint density at radius 3 is 2.05 bits per heavy atom. The maximum Gasteiger partial charge on any atom is 0.272 e. The largest absolute Gasteiger partial charge is 0.493 e. The van der Waals surface area contributed by atoms with Crippen LogP contribution in [-0.4, -0.2) is 31.2 Å². The highest BCUT2D eigenvalue weighted by atomic mass is 19.1. The van der Waals surface area contributed by atoms with Crippen LogP contribution in [0.4, 0.5) is 20.2 Å². The number of hydrogen-bond acceptors (Lipinski definition) is 6. The lowest BCUT2D eigenvalue weighted by Crippen LogP contribution is -2.35. The van der Waals surface area contributed by atoms with Crippen molar-refractivity contribution in [2.45, 2.75) is 12.8 Å². The predicted octanol–water partition coefficient (Wildman–Crippen LogP) is 4.81. The summed E-state index contributed by atoms with van der Waals surface area (Å²) in [6.07, 6.45) is 1.99. The first-order chi connectivity index (χ1) is 18.7. The van der Waals surface area contributed by atoms with E-state index in [1.165, 1.54) is 62.9 Å². The van der Waals surface area contributed by atoms with E-state index in [0.717, 1.165) is 10.8 Å². The number of fused-ring (bicyclic) bond motifs is 1. The number of halogens is 2. The normalized spacial score (nSPS) is 13.4. The van der Waals surface area contributed by atoms with E-state index in [-0.39, 0.29) is 17.2 Å². The van der Waals surface area contributed by atoms with Crippen molar-refractivity contribution in [3.8, 4) is 23.0 Å². The van der Waals surface area contributed by atoms with Crippen molar-refractivity contribution in [1.82, 2.24) is 0 Å². The lowest BCUT2D eigenvalue weighted by Gasteiger charge is -2.16. The summed E-state index contributed by atoms with van der Waals surface area (Å²) < 4.78 is 45.4. The standard InChI is InChI=1S/C28H23F2N3O6/c1-37-24-14-19-21(15-25(24)38-2)33(36)12-9-22(19)39-23-8-7-18(13-20(23)30)32-27(35)28(10-11-28)26(34)31-17-5-3-16(29)4-6-17/h3-9,12-15H,10-11H2,1-2H3,(H2-,31,32,34,35,36)/p+1. The first-order valence-corrected chi connectivity index (χ1v) is 11.9. The lowest BCUT2D eigenvalue weighted by molar-refractivity contribution is -0.884. The molecule has 1 aliphatic rings. The van der Waals surface area contributed by atoms with Crippen LogP contribution in [0.5, 0.6) is 23.0 Å². The summed E-state index contributed by atoms with van der Waals surface area (Å²) in [5, 5.41) is 15.9. The maximum atomic E-state index is 15.0. The van der Waals surface area contributed by atoms with Gasteiger partial charge < -0.3 is 24.8 Å². The maximum absolute atomic E-state index is 15.0. The van der Waals surface area contributed by atoms with Crippen molar-refractivity contribution >= 4 is 34.1 Å². The molecular formula is C28H24F2N3O6+. The lowest BCUT2D eigenvalue weighted by atomic mass is 10.0. The number of aromatic nitrogens is 1. The van der Waals surface area contributed by atoms with Gasteiger partial charge in [0, 0.05) is 28.2 Å². The number of carbonyl (C=O) groups excluding carboxylic acids is 2. The zero-order chi connectivity index (χ0) is 27.7. The number of methoxy groups -OCH3 is 2. The van der Waals surface area contributed by atoms with E-state index >= 15 is 4.39 Å². The molecule has 0 atom stereocenters. The number of pyridine rings is 1. The van der Waals surface area contributed by atoms with Crippen molar-refractivity contribution in [1.29, 1.82) is 0 Å². The van der Waals surface area contributed by atoms with Gasteiger partial charge in [-0.15, -0.1) is 0 Å². The molecule has 3 N–H and O–H groups in total. The third kappa shape index (κ3) is 4.98. The Bertz CT molecular complexity index is 1590. The average Bonchev–Trinajstić information content (AvgIpc) is 3.75. The van der Waals surface area contributed by atoms with Gasteiger partial charge in [-0.3, -0.25) is 14.8 Å². The van der Waals surface area contributed by atoms with Gasteiger partial charge in [-0.2, -0.15) is 0 Å². The van der Waals surface area contributed by atoms with Crippen LogP contribution in [0.3, 0.4) is 0 Å². The summed E-state index contributed by atoms with van der Waals surface area (Å²) in [4.78, 5) is 25.7. The third-order valence-corrected chi connectivity index (χ3v) is 6.51. The Morgan fingerprint density at radius 2 is 1.44 bits per heavy atom. The Morgan fingerprint density at radius 1 is 0.821 bits per heavy atom. The molecule has 200 valence electrons. The van der Waals surface area contributed by atoms with Gasteiger partial charge in [0.1, 0.15) is 17.0 Å². The quantitative estimate of drug-likeness (QED) is 0.169. The van der Waals surface area contributed by atoms with Crippen LogP contribution in [0.2, 0.25) is 0 Å². The molecule has 9 nitrogen and oxygen atoms in total. The number of carbonyl (C=O) groups is 2. The second-order valence-electron chi connectivity index (χ2n) is 8.99. The molecule has 0 saturated heterocycles. The Kier molecular flexibility index (Phi) is 6.65. The summed E-state index contributed by atoms with van der Waals surface area (Å²) in [7, 11) is 2.93. The molecule has 0 radical (unpaired) electrons. The van der Waals surface area contributed by atoms with Gasteiger partial charge in [-0.25, -0.2) is 8.78 Å². The van der Waals surface area contributed by atoms with Crippen LogP contribution in [0.25, 0.3) is 10.9 Å². The highest BCUT2D eigenvalue weighted by molar-refractivity contribution is 6.16. The van der Waals surface area contributed by atoms with Gasteiger partial charge in [0.2, 0.25) is 18.0 Å². The first-order valence-electron chi connectivity index (χ1n) is 11.9. The van der Waals surface area contributed by atoms with E-state index in [1.807, 2.05) is 0 Å². The topological polar surface area (TPSA) is 110 Å². The fourth-order valence-corrected chi connectivity index (χ4v) is 4.15. The molecule has 0 bridgehead atoms. The molecular weight excluding hydrogens is 512 g/mol. The van der Waals surface area contributed by atoms with E-state index < -0.39 is 28.9 Å². The first kappa shape index (κ1) is 25.7. The Balaban J connectivity index is 1.33. The summed E-state index contributed by atoms with van der Waals surface area (Å²) in [6, 6.07) is 13.7. The number of nitrogens with one attached hydrogen (secondary N) is 2. The van der Waals surface area contributed by atoms with Crippen LogP contribution >= 0.6 is 0 Å². The highest BCUT2D eigenvalue weighted by Gasteiger charge is 2.56. The highest BCUT2D eigenvalue weighted by Crippen LogP contribution is 2.47. The molecule has 1 aliphatic carbocycles. The summed E-state index contributed by atoms with van der Waals surface area (Å²) in [5.74, 6) is -1.42. The van der Waals surface area contributed by atoms with Crippen molar-refractivity contribution in [3.05, 3.63) is 78.5 Å². The van der Waals surface area contributed by atoms with Gasteiger partial charge in [-0.1, -0.05) is 0 Å². The number of anilines is 2. The monoisotopic (exact) mass is 536 g/mol. The van der Waals surface area contributed by atoms with Crippen LogP contribution in [-0.2, 0) is 9.59 Å². The molecule has 1 fully saturated rings. The third-order valence-electron chi connectivity index (χ3n) is 6.51. The second kappa shape index (κ2) is 10.1. The minimum Gasteiger partial charge on any atom is -0.493 e. The zero-order valence-corrected chi connectivity index (χ0v) is 21.0. The SMILES string of the molecule is COc1cc2c(Oc3ccc(NC(=O)C4(C(=O)Nc5ccc(F)cc5)CC4)cc3F)cc[n+](O)c2cc1OC. The summed E-state index contributed by atoms with van der Waals surface area (Å²) >= 11 is 0. The summed E-state index contributed by atoms with van der Waals surface area (Å²) in [5.41, 5.74) is -0.446. The number of ether oxygens (including phenoxy) is 3. The van der Waals surface area contributed by atoms with E-state index in [9.17, 15) is 19.2 Å². The Labute approximate surface area is 221 Å². The smallest absolute Gasteiger partial charge is 0.272 e. The summed E-state index contributed by atoms with van der Waals surface area (Å²) in [6.45, 7) is 0. The number of benzene rings is 3. The van der Waals surface area contributed by atoms with Crippen molar-refractivity contribution in [3.63, 3.8) is 0 Å². The van der Waals surface area contributed by atoms with Crippen molar-refractivity contribution in [2.24, 2.45) is 5.41 Å². The van der Waals surface area contributed by atoms with Crippen molar-refractivity contribution < 1.29 is 42.5 Å². The zero-order valence-electron chi connectivity index (χ0n) is 21.0.